The third-order valence-electron chi connectivity index (χ3n) is 4.91. The molecule has 0 saturated heterocycles. The first-order valence-electron chi connectivity index (χ1n) is 9.28. The first-order chi connectivity index (χ1) is 14.1. The zero-order valence-corrected chi connectivity index (χ0v) is 16.3. The zero-order chi connectivity index (χ0) is 20.4. The Labute approximate surface area is 168 Å². The average molecular weight is 380 g/mol. The monoisotopic (exact) mass is 380 g/mol. The minimum atomic E-state index is 0.462. The molecule has 0 aliphatic carbocycles. The van der Waals surface area contributed by atoms with Gasteiger partial charge in [-0.25, -0.2) is 0 Å². The van der Waals surface area contributed by atoms with Crippen molar-refractivity contribution in [1.29, 1.82) is 0 Å². The molecule has 4 aromatic rings. The van der Waals surface area contributed by atoms with Crippen LogP contribution in [0.4, 0.5) is 17.1 Å². The van der Waals surface area contributed by atoms with Gasteiger partial charge in [0.15, 0.2) is 6.29 Å². The molecule has 0 amide bonds. The van der Waals surface area contributed by atoms with Crippen LogP contribution in [0.3, 0.4) is 0 Å². The lowest BCUT2D eigenvalue weighted by atomic mass is 10.0. The van der Waals surface area contributed by atoms with Crippen LogP contribution in [-0.2, 0) is 0 Å². The van der Waals surface area contributed by atoms with Crippen molar-refractivity contribution in [3.05, 3.63) is 83.6 Å². The van der Waals surface area contributed by atoms with Gasteiger partial charge in [-0.3, -0.25) is 9.78 Å². The van der Waals surface area contributed by atoms with Crippen molar-refractivity contribution < 1.29 is 4.79 Å². The van der Waals surface area contributed by atoms with Crippen molar-refractivity contribution in [2.75, 3.05) is 5.73 Å². The molecular formula is C24H20N4O. The van der Waals surface area contributed by atoms with Crippen LogP contribution in [0.1, 0.15) is 21.5 Å². The number of nitrogens with zero attached hydrogens (tertiary/aromatic N) is 3. The lowest BCUT2D eigenvalue weighted by Gasteiger charge is -2.08. The molecule has 1 heterocycles. The van der Waals surface area contributed by atoms with Crippen molar-refractivity contribution in [1.82, 2.24) is 4.98 Å². The zero-order valence-electron chi connectivity index (χ0n) is 16.3. The Balaban J connectivity index is 1.67. The van der Waals surface area contributed by atoms with Gasteiger partial charge in [0.1, 0.15) is 11.4 Å². The number of fused-ring (bicyclic) bond motifs is 1. The molecule has 0 atom stereocenters. The molecule has 2 N–H and O–H groups in total. The molecule has 0 aliphatic rings. The molecule has 3 aromatic carbocycles. The Hall–Kier alpha value is -3.86. The van der Waals surface area contributed by atoms with Crippen LogP contribution in [-0.4, -0.2) is 11.3 Å². The maximum atomic E-state index is 11.5. The number of carbonyl (C=O) groups is 1. The fraction of sp³-hybridized carbons (Fsp3) is 0.0833. The predicted molar refractivity (Wildman–Crippen MR) is 117 cm³/mol. The van der Waals surface area contributed by atoms with E-state index in [0.717, 1.165) is 28.3 Å². The number of anilines is 1. The predicted octanol–water partition coefficient (Wildman–Crippen LogP) is 6.33. The molecule has 0 bridgehead atoms. The van der Waals surface area contributed by atoms with Gasteiger partial charge in [0.25, 0.3) is 0 Å². The number of pyridine rings is 1. The van der Waals surface area contributed by atoms with Crippen LogP contribution >= 0.6 is 0 Å². The molecule has 4 rings (SSSR count). The van der Waals surface area contributed by atoms with Crippen molar-refractivity contribution in [3.63, 3.8) is 0 Å². The molecule has 0 spiro atoms. The highest BCUT2D eigenvalue weighted by Gasteiger charge is 2.09. The Morgan fingerprint density at radius 3 is 2.45 bits per heavy atom. The van der Waals surface area contributed by atoms with E-state index >= 15 is 0 Å². The van der Waals surface area contributed by atoms with Gasteiger partial charge >= 0.3 is 0 Å². The number of benzene rings is 3. The second-order valence-electron chi connectivity index (χ2n) is 6.98. The number of aryl methyl sites for hydroxylation is 2. The van der Waals surface area contributed by atoms with Crippen molar-refractivity contribution in [2.45, 2.75) is 13.8 Å². The summed E-state index contributed by atoms with van der Waals surface area (Å²) < 4.78 is 0. The topological polar surface area (TPSA) is 80.7 Å². The van der Waals surface area contributed by atoms with E-state index < -0.39 is 0 Å². The van der Waals surface area contributed by atoms with Crippen LogP contribution < -0.4 is 5.73 Å². The van der Waals surface area contributed by atoms with E-state index in [0.29, 0.717) is 22.6 Å². The van der Waals surface area contributed by atoms with Gasteiger partial charge in [-0.15, -0.1) is 10.2 Å². The summed E-state index contributed by atoms with van der Waals surface area (Å²) >= 11 is 0. The van der Waals surface area contributed by atoms with Gasteiger partial charge < -0.3 is 5.73 Å². The van der Waals surface area contributed by atoms with Crippen LogP contribution in [0.5, 0.6) is 0 Å². The number of hydrogen-bond acceptors (Lipinski definition) is 5. The second-order valence-corrected chi connectivity index (χ2v) is 6.98. The lowest BCUT2D eigenvalue weighted by molar-refractivity contribution is 0.112. The fourth-order valence-electron chi connectivity index (χ4n) is 3.32. The summed E-state index contributed by atoms with van der Waals surface area (Å²) in [6, 6.07) is 19.2. The third-order valence-corrected chi connectivity index (χ3v) is 4.91. The summed E-state index contributed by atoms with van der Waals surface area (Å²) in [4.78, 5) is 16.0. The van der Waals surface area contributed by atoms with Gasteiger partial charge in [0.2, 0.25) is 0 Å². The number of carbonyl (C=O) groups excluding carboxylic acids is 1. The van der Waals surface area contributed by atoms with Gasteiger partial charge in [-0.1, -0.05) is 42.0 Å². The molecule has 0 aliphatic heterocycles. The Kier molecular flexibility index (Phi) is 4.87. The third kappa shape index (κ3) is 3.62. The first kappa shape index (κ1) is 18.5. The molecular weight excluding hydrogens is 360 g/mol. The number of nitrogens with two attached hydrogens (primary N) is 1. The summed E-state index contributed by atoms with van der Waals surface area (Å²) in [5.74, 6) is 0. The number of aldehydes is 1. The number of azo groups is 1. The summed E-state index contributed by atoms with van der Waals surface area (Å²) in [5, 5.41) is 10.1. The van der Waals surface area contributed by atoms with E-state index in [1.165, 1.54) is 11.1 Å². The van der Waals surface area contributed by atoms with Crippen LogP contribution in [0.15, 0.2) is 77.1 Å². The van der Waals surface area contributed by atoms with E-state index in [2.05, 4.69) is 47.3 Å². The average Bonchev–Trinajstić information content (AvgIpc) is 2.75. The van der Waals surface area contributed by atoms with Crippen LogP contribution in [0.2, 0.25) is 0 Å². The number of nitrogen functional groups attached to an aromatic ring is 1. The second kappa shape index (κ2) is 7.64. The molecule has 29 heavy (non-hydrogen) atoms. The van der Waals surface area contributed by atoms with Gasteiger partial charge in [0, 0.05) is 16.5 Å². The molecule has 5 nitrogen and oxygen atoms in total. The fourth-order valence-corrected chi connectivity index (χ4v) is 3.32. The Bertz CT molecular complexity index is 1240. The smallest absolute Gasteiger partial charge is 0.150 e. The van der Waals surface area contributed by atoms with E-state index in [-0.39, 0.29) is 0 Å². The maximum Gasteiger partial charge on any atom is 0.150 e. The van der Waals surface area contributed by atoms with Gasteiger partial charge in [0.05, 0.1) is 17.6 Å². The standard InChI is InChI=1S/C24H20N4O/c1-15-7-8-16(2)21(11-15)22-10-9-18(13-26-22)27-28-23-12-17(14-29)19-5-3-4-6-20(19)24(23)25/h3-14H,25H2,1-2H3. The van der Waals surface area contributed by atoms with Crippen molar-refractivity contribution in [3.8, 4) is 11.3 Å². The molecule has 142 valence electrons. The highest BCUT2D eigenvalue weighted by atomic mass is 16.1. The van der Waals surface area contributed by atoms with E-state index in [1.807, 2.05) is 36.4 Å². The van der Waals surface area contributed by atoms with E-state index in [4.69, 9.17) is 5.73 Å². The highest BCUT2D eigenvalue weighted by molar-refractivity contribution is 6.07. The van der Waals surface area contributed by atoms with E-state index in [1.54, 1.807) is 12.3 Å². The summed E-state index contributed by atoms with van der Waals surface area (Å²) in [5.41, 5.74) is 12.7. The van der Waals surface area contributed by atoms with Crippen molar-refractivity contribution >= 4 is 34.1 Å². The number of hydrogen-bond donors (Lipinski definition) is 1. The van der Waals surface area contributed by atoms with Crippen LogP contribution in [0, 0.1) is 13.8 Å². The molecule has 1 aromatic heterocycles. The molecule has 0 saturated carbocycles. The normalized spacial score (nSPS) is 11.2. The number of aromatic nitrogens is 1. The molecule has 0 unspecified atom stereocenters. The quantitative estimate of drug-likeness (QED) is 0.255. The minimum Gasteiger partial charge on any atom is -0.396 e. The SMILES string of the molecule is Cc1ccc(C)c(-c2ccc(N=Nc3cc(C=O)c4ccccc4c3N)cn2)c1. The summed E-state index contributed by atoms with van der Waals surface area (Å²) in [6.07, 6.45) is 2.49. The molecule has 0 fully saturated rings. The number of rotatable bonds is 4. The largest absolute Gasteiger partial charge is 0.396 e. The Morgan fingerprint density at radius 1 is 0.931 bits per heavy atom. The Morgan fingerprint density at radius 2 is 1.72 bits per heavy atom. The van der Waals surface area contributed by atoms with Crippen LogP contribution in [0.25, 0.3) is 22.0 Å². The molecule has 0 radical (unpaired) electrons. The van der Waals surface area contributed by atoms with Gasteiger partial charge in [-0.05, 0) is 49.1 Å². The maximum absolute atomic E-state index is 11.5. The van der Waals surface area contributed by atoms with Crippen molar-refractivity contribution in [2.24, 2.45) is 10.2 Å². The lowest BCUT2D eigenvalue weighted by Crippen LogP contribution is -1.92. The first-order valence-corrected chi connectivity index (χ1v) is 9.28. The molecule has 5 heteroatoms. The minimum absolute atomic E-state index is 0.462. The summed E-state index contributed by atoms with van der Waals surface area (Å²) in [6.45, 7) is 4.13. The summed E-state index contributed by atoms with van der Waals surface area (Å²) in [7, 11) is 0. The van der Waals surface area contributed by atoms with E-state index in [9.17, 15) is 4.79 Å². The van der Waals surface area contributed by atoms with Gasteiger partial charge in [-0.2, -0.15) is 0 Å². The highest BCUT2D eigenvalue weighted by Crippen LogP contribution is 2.34.